The Morgan fingerprint density at radius 3 is 3.08 bits per heavy atom. The third-order valence-corrected chi connectivity index (χ3v) is 1.41. The van der Waals surface area contributed by atoms with Gasteiger partial charge in [0.25, 0.3) is 0 Å². The summed E-state index contributed by atoms with van der Waals surface area (Å²) in [4.78, 5) is 8.89. The van der Waals surface area contributed by atoms with Crippen molar-refractivity contribution in [3.05, 3.63) is 30.1 Å². The van der Waals surface area contributed by atoms with E-state index < -0.39 is 0 Å². The lowest BCUT2D eigenvalue weighted by Gasteiger charge is -1.98. The van der Waals surface area contributed by atoms with Gasteiger partial charge in [0.2, 0.25) is 0 Å². The maximum Gasteiger partial charge on any atom is 0.114 e. The van der Waals surface area contributed by atoms with E-state index in [9.17, 15) is 0 Å². The van der Waals surface area contributed by atoms with Gasteiger partial charge in [0.15, 0.2) is 0 Å². The average Bonchev–Trinajstić information content (AvgIpc) is 2.15. The minimum Gasteiger partial charge on any atom is -0.396 e. The molecule has 12 heavy (non-hydrogen) atoms. The third kappa shape index (κ3) is 2.34. The minimum absolute atomic E-state index is 0.595. The van der Waals surface area contributed by atoms with Crippen molar-refractivity contribution in [2.45, 2.75) is 13.8 Å². The summed E-state index contributed by atoms with van der Waals surface area (Å²) >= 11 is 0. The predicted molar refractivity (Wildman–Crippen MR) is 48.1 cm³/mol. The quantitative estimate of drug-likeness (QED) is 0.504. The molecule has 0 bridgehead atoms. The first-order valence-electron chi connectivity index (χ1n) is 3.91. The minimum atomic E-state index is 0.595. The monoisotopic (exact) mass is 164 g/mol. The Kier molecular flexibility index (Phi) is 3.26. The molecule has 0 N–H and O–H groups in total. The molecule has 64 valence electrons. The molecule has 1 heterocycles. The number of pyridine rings is 1. The molecule has 0 fully saturated rings. The van der Waals surface area contributed by atoms with E-state index in [4.69, 9.17) is 4.84 Å². The second-order valence-corrected chi connectivity index (χ2v) is 2.34. The van der Waals surface area contributed by atoms with E-state index in [2.05, 4.69) is 10.1 Å². The van der Waals surface area contributed by atoms with Crippen LogP contribution in [0.1, 0.15) is 19.4 Å². The number of aromatic nitrogens is 1. The summed E-state index contributed by atoms with van der Waals surface area (Å²) in [5.74, 6) is 0. The van der Waals surface area contributed by atoms with Gasteiger partial charge in [-0.3, -0.25) is 4.98 Å². The van der Waals surface area contributed by atoms with Gasteiger partial charge in [-0.2, -0.15) is 0 Å². The van der Waals surface area contributed by atoms with Crippen LogP contribution in [0, 0.1) is 0 Å². The number of rotatable bonds is 3. The van der Waals surface area contributed by atoms with Crippen molar-refractivity contribution in [2.75, 3.05) is 6.61 Å². The molecule has 3 nitrogen and oxygen atoms in total. The van der Waals surface area contributed by atoms with Crippen LogP contribution in [0.5, 0.6) is 0 Å². The van der Waals surface area contributed by atoms with Crippen molar-refractivity contribution < 1.29 is 4.84 Å². The highest BCUT2D eigenvalue weighted by atomic mass is 16.6. The predicted octanol–water partition coefficient (Wildman–Crippen LogP) is 1.84. The van der Waals surface area contributed by atoms with E-state index in [0.717, 1.165) is 11.3 Å². The van der Waals surface area contributed by atoms with Crippen molar-refractivity contribution in [3.8, 4) is 0 Å². The molecule has 1 aromatic rings. The molecule has 1 aromatic heterocycles. The van der Waals surface area contributed by atoms with Crippen molar-refractivity contribution in [1.29, 1.82) is 0 Å². The van der Waals surface area contributed by atoms with Crippen molar-refractivity contribution in [3.63, 3.8) is 0 Å². The fraction of sp³-hybridized carbons (Fsp3) is 0.333. The van der Waals surface area contributed by atoms with Gasteiger partial charge in [-0.1, -0.05) is 5.16 Å². The number of oxime groups is 1. The zero-order valence-electron chi connectivity index (χ0n) is 7.32. The van der Waals surface area contributed by atoms with Crippen LogP contribution in [0.15, 0.2) is 29.7 Å². The zero-order valence-corrected chi connectivity index (χ0v) is 7.32. The number of hydrogen-bond acceptors (Lipinski definition) is 3. The summed E-state index contributed by atoms with van der Waals surface area (Å²) in [5, 5.41) is 3.89. The molecule has 0 radical (unpaired) electrons. The molecule has 1 rings (SSSR count). The Bertz CT molecular complexity index is 256. The lowest BCUT2D eigenvalue weighted by atomic mass is 10.2. The summed E-state index contributed by atoms with van der Waals surface area (Å²) in [5.41, 5.74) is 1.84. The highest BCUT2D eigenvalue weighted by Gasteiger charge is 1.95. The molecule has 0 aliphatic heterocycles. The van der Waals surface area contributed by atoms with E-state index in [1.54, 1.807) is 12.4 Å². The van der Waals surface area contributed by atoms with Crippen LogP contribution in [0.4, 0.5) is 0 Å². The molecular weight excluding hydrogens is 152 g/mol. The summed E-state index contributed by atoms with van der Waals surface area (Å²) in [7, 11) is 0. The van der Waals surface area contributed by atoms with Crippen molar-refractivity contribution in [1.82, 2.24) is 4.98 Å². The van der Waals surface area contributed by atoms with Crippen LogP contribution < -0.4 is 0 Å². The number of nitrogens with zero attached hydrogens (tertiary/aromatic N) is 2. The Hall–Kier alpha value is -1.38. The molecule has 0 saturated carbocycles. The lowest BCUT2D eigenvalue weighted by Crippen LogP contribution is -1.96. The molecule has 0 amide bonds. The van der Waals surface area contributed by atoms with Gasteiger partial charge in [-0.15, -0.1) is 0 Å². The summed E-state index contributed by atoms with van der Waals surface area (Å²) in [6, 6.07) is 3.82. The Labute approximate surface area is 72.1 Å². The van der Waals surface area contributed by atoms with E-state index in [1.165, 1.54) is 0 Å². The second-order valence-electron chi connectivity index (χ2n) is 2.34. The molecule has 0 unspecified atom stereocenters. The van der Waals surface area contributed by atoms with Crippen LogP contribution >= 0.6 is 0 Å². The molecule has 0 spiro atoms. The maximum absolute atomic E-state index is 4.91. The molecule has 0 aliphatic rings. The fourth-order valence-electron chi connectivity index (χ4n) is 0.791. The van der Waals surface area contributed by atoms with E-state index in [-0.39, 0.29) is 0 Å². The molecule has 0 saturated heterocycles. The average molecular weight is 164 g/mol. The molecular formula is C9H12N2O. The second kappa shape index (κ2) is 4.49. The molecule has 0 atom stereocenters. The Morgan fingerprint density at radius 1 is 1.67 bits per heavy atom. The van der Waals surface area contributed by atoms with Gasteiger partial charge in [0.05, 0.1) is 5.71 Å². The maximum atomic E-state index is 4.91. The molecule has 0 aromatic carbocycles. The largest absolute Gasteiger partial charge is 0.396 e. The van der Waals surface area contributed by atoms with Gasteiger partial charge in [0.1, 0.15) is 6.61 Å². The van der Waals surface area contributed by atoms with Crippen LogP contribution in [0.3, 0.4) is 0 Å². The first kappa shape index (κ1) is 8.71. The normalized spacial score (nSPS) is 11.3. The van der Waals surface area contributed by atoms with Gasteiger partial charge in [0, 0.05) is 18.0 Å². The van der Waals surface area contributed by atoms with Crippen LogP contribution in [0.2, 0.25) is 0 Å². The van der Waals surface area contributed by atoms with Crippen molar-refractivity contribution >= 4 is 5.71 Å². The first-order chi connectivity index (χ1) is 5.84. The van der Waals surface area contributed by atoms with Gasteiger partial charge >= 0.3 is 0 Å². The Morgan fingerprint density at radius 2 is 2.50 bits per heavy atom. The molecule has 0 aliphatic carbocycles. The zero-order chi connectivity index (χ0) is 8.81. The van der Waals surface area contributed by atoms with E-state index in [0.29, 0.717) is 6.61 Å². The lowest BCUT2D eigenvalue weighted by molar-refractivity contribution is 0.159. The van der Waals surface area contributed by atoms with Crippen LogP contribution in [-0.2, 0) is 4.84 Å². The first-order valence-corrected chi connectivity index (χ1v) is 3.91. The number of hydrogen-bond donors (Lipinski definition) is 0. The van der Waals surface area contributed by atoms with E-state index >= 15 is 0 Å². The highest BCUT2D eigenvalue weighted by Crippen LogP contribution is 1.98. The molecule has 3 heteroatoms. The smallest absolute Gasteiger partial charge is 0.114 e. The summed E-state index contributed by atoms with van der Waals surface area (Å²) < 4.78 is 0. The van der Waals surface area contributed by atoms with Crippen LogP contribution in [0.25, 0.3) is 0 Å². The highest BCUT2D eigenvalue weighted by molar-refractivity contribution is 5.97. The van der Waals surface area contributed by atoms with Gasteiger partial charge in [-0.05, 0) is 26.0 Å². The van der Waals surface area contributed by atoms with Crippen molar-refractivity contribution in [2.24, 2.45) is 5.16 Å². The topological polar surface area (TPSA) is 34.5 Å². The SMILES string of the molecule is CCON=C(C)c1cccnc1. The standard InChI is InChI=1S/C9H12N2O/c1-3-12-11-8(2)9-5-4-6-10-7-9/h4-7H,3H2,1-2H3. The fourth-order valence-corrected chi connectivity index (χ4v) is 0.791. The summed E-state index contributed by atoms with van der Waals surface area (Å²) in [6.45, 7) is 4.39. The van der Waals surface area contributed by atoms with E-state index in [1.807, 2.05) is 26.0 Å². The summed E-state index contributed by atoms with van der Waals surface area (Å²) in [6.07, 6.45) is 3.50. The van der Waals surface area contributed by atoms with Gasteiger partial charge < -0.3 is 4.84 Å². The third-order valence-electron chi connectivity index (χ3n) is 1.41. The Balaban J connectivity index is 2.71. The van der Waals surface area contributed by atoms with Crippen LogP contribution in [-0.4, -0.2) is 17.3 Å². The van der Waals surface area contributed by atoms with Gasteiger partial charge in [-0.25, -0.2) is 0 Å².